The van der Waals surface area contributed by atoms with E-state index in [9.17, 15) is 13.2 Å². The summed E-state index contributed by atoms with van der Waals surface area (Å²) in [5, 5.41) is 0. The number of hydrogen-bond acceptors (Lipinski definition) is 4. The van der Waals surface area contributed by atoms with E-state index in [0.29, 0.717) is 16.8 Å². The molecule has 1 aliphatic rings. The zero-order valence-corrected chi connectivity index (χ0v) is 9.62. The Hall–Kier alpha value is -1.56. The van der Waals surface area contributed by atoms with Gasteiger partial charge in [-0.15, -0.1) is 0 Å². The van der Waals surface area contributed by atoms with Gasteiger partial charge in [0.1, 0.15) is 0 Å². The first-order valence-corrected chi connectivity index (χ1v) is 6.50. The average Bonchev–Trinajstić information content (AvgIpc) is 2.19. The number of sulfonamides is 1. The van der Waals surface area contributed by atoms with Crippen molar-refractivity contribution in [1.82, 2.24) is 4.31 Å². The van der Waals surface area contributed by atoms with E-state index < -0.39 is 15.9 Å². The molecule has 0 bridgehead atoms. The number of nitrogens with zero attached hydrogens (tertiary/aromatic N) is 1. The first-order chi connectivity index (χ1) is 7.45. The lowest BCUT2D eigenvalue weighted by atomic mass is 10.1. The minimum Gasteiger partial charge on any atom is -0.399 e. The molecule has 0 radical (unpaired) electrons. The molecule has 1 aliphatic heterocycles. The highest BCUT2D eigenvalue weighted by atomic mass is 32.2. The molecule has 1 aromatic carbocycles. The lowest BCUT2D eigenvalue weighted by molar-refractivity contribution is 0.0861. The largest absolute Gasteiger partial charge is 0.399 e. The van der Waals surface area contributed by atoms with Crippen LogP contribution < -0.4 is 5.73 Å². The number of amides is 1. The third kappa shape index (κ3) is 1.55. The van der Waals surface area contributed by atoms with Crippen molar-refractivity contribution in [2.24, 2.45) is 0 Å². The highest BCUT2D eigenvalue weighted by molar-refractivity contribution is 7.89. The van der Waals surface area contributed by atoms with Crippen LogP contribution in [0.25, 0.3) is 0 Å². The Kier molecular flexibility index (Phi) is 2.38. The van der Waals surface area contributed by atoms with Crippen molar-refractivity contribution >= 4 is 21.6 Å². The molecule has 16 heavy (non-hydrogen) atoms. The van der Waals surface area contributed by atoms with Crippen LogP contribution >= 0.6 is 0 Å². The van der Waals surface area contributed by atoms with Crippen molar-refractivity contribution in [3.05, 3.63) is 29.3 Å². The van der Waals surface area contributed by atoms with Gasteiger partial charge in [-0.05, 0) is 24.6 Å². The molecule has 0 atom stereocenters. The van der Waals surface area contributed by atoms with Gasteiger partial charge in [-0.1, -0.05) is 6.07 Å². The molecule has 1 amide bonds. The van der Waals surface area contributed by atoms with Crippen LogP contribution in [-0.4, -0.2) is 25.2 Å². The Morgan fingerprint density at radius 1 is 1.44 bits per heavy atom. The lowest BCUT2D eigenvalue weighted by Gasteiger charge is -2.27. The van der Waals surface area contributed by atoms with E-state index in [0.717, 1.165) is 4.31 Å². The molecule has 0 saturated heterocycles. The monoisotopic (exact) mass is 240 g/mol. The smallest absolute Gasteiger partial charge is 0.267 e. The molecule has 0 unspecified atom stereocenters. The fourth-order valence-electron chi connectivity index (χ4n) is 1.79. The Morgan fingerprint density at radius 2 is 2.12 bits per heavy atom. The minimum atomic E-state index is -3.51. The average molecular weight is 240 g/mol. The van der Waals surface area contributed by atoms with Crippen LogP contribution in [0.4, 0.5) is 5.69 Å². The van der Waals surface area contributed by atoms with E-state index in [1.54, 1.807) is 19.1 Å². The summed E-state index contributed by atoms with van der Waals surface area (Å²) >= 11 is 0. The van der Waals surface area contributed by atoms with E-state index in [4.69, 9.17) is 5.73 Å². The summed E-state index contributed by atoms with van der Waals surface area (Å²) in [5.41, 5.74) is 6.94. The van der Waals surface area contributed by atoms with Crippen LogP contribution in [-0.2, 0) is 15.8 Å². The van der Waals surface area contributed by atoms with Crippen LogP contribution in [0.15, 0.2) is 18.2 Å². The van der Waals surface area contributed by atoms with Crippen LogP contribution in [0.1, 0.15) is 22.8 Å². The lowest BCUT2D eigenvalue weighted by Crippen LogP contribution is -2.41. The predicted octanol–water partition coefficient (Wildman–Crippen LogP) is 0.574. The highest BCUT2D eigenvalue weighted by Gasteiger charge is 2.34. The maximum atomic E-state index is 11.9. The van der Waals surface area contributed by atoms with Crippen molar-refractivity contribution in [2.75, 3.05) is 12.3 Å². The predicted molar refractivity (Wildman–Crippen MR) is 60.2 cm³/mol. The molecule has 1 aromatic rings. The van der Waals surface area contributed by atoms with E-state index in [2.05, 4.69) is 0 Å². The van der Waals surface area contributed by atoms with Crippen LogP contribution in [0.5, 0.6) is 0 Å². The summed E-state index contributed by atoms with van der Waals surface area (Å²) in [4.78, 5) is 11.9. The number of nitrogen functional groups attached to an aromatic ring is 1. The highest BCUT2D eigenvalue weighted by Crippen LogP contribution is 2.25. The molecular weight excluding hydrogens is 228 g/mol. The maximum Gasteiger partial charge on any atom is 0.267 e. The number of anilines is 1. The quantitative estimate of drug-likeness (QED) is 0.728. The van der Waals surface area contributed by atoms with E-state index >= 15 is 0 Å². The number of nitrogens with two attached hydrogens (primary N) is 1. The van der Waals surface area contributed by atoms with Gasteiger partial charge in [0, 0.05) is 17.8 Å². The standard InChI is InChI=1S/C10H12N2O3S/c1-2-12-10(13)9-5-8(11)4-3-7(9)6-16(12,14)15/h3-5H,2,6,11H2,1H3. The Morgan fingerprint density at radius 3 is 2.75 bits per heavy atom. The molecule has 0 aromatic heterocycles. The van der Waals surface area contributed by atoms with Gasteiger partial charge >= 0.3 is 0 Å². The van der Waals surface area contributed by atoms with Crippen LogP contribution in [0.2, 0.25) is 0 Å². The van der Waals surface area contributed by atoms with Gasteiger partial charge in [0.2, 0.25) is 10.0 Å². The Balaban J connectivity index is 2.62. The number of hydrogen-bond donors (Lipinski definition) is 1. The molecule has 86 valence electrons. The summed E-state index contributed by atoms with van der Waals surface area (Å²) in [5.74, 6) is -0.626. The maximum absolute atomic E-state index is 11.9. The number of carbonyl (C=O) groups excluding carboxylic acids is 1. The van der Waals surface area contributed by atoms with Crippen molar-refractivity contribution in [2.45, 2.75) is 12.7 Å². The fourth-order valence-corrected chi connectivity index (χ4v) is 3.34. The molecular formula is C10H12N2O3S. The minimum absolute atomic E-state index is 0.137. The summed E-state index contributed by atoms with van der Waals surface area (Å²) < 4.78 is 24.4. The molecule has 0 fully saturated rings. The zero-order chi connectivity index (χ0) is 11.9. The first kappa shape index (κ1) is 10.9. The molecule has 6 heteroatoms. The van der Waals surface area contributed by atoms with Gasteiger partial charge in [-0.2, -0.15) is 0 Å². The second kappa shape index (κ2) is 3.48. The normalized spacial score (nSPS) is 18.3. The summed E-state index contributed by atoms with van der Waals surface area (Å²) in [6, 6.07) is 4.71. The second-order valence-corrected chi connectivity index (χ2v) is 5.54. The Bertz CT molecular complexity index is 551. The molecule has 5 nitrogen and oxygen atoms in total. The van der Waals surface area contributed by atoms with Gasteiger partial charge in [-0.3, -0.25) is 4.79 Å². The number of fused-ring (bicyclic) bond motifs is 1. The third-order valence-corrected chi connectivity index (χ3v) is 4.32. The third-order valence-electron chi connectivity index (χ3n) is 2.55. The summed E-state index contributed by atoms with van der Waals surface area (Å²) in [7, 11) is -3.51. The van der Waals surface area contributed by atoms with Crippen molar-refractivity contribution < 1.29 is 13.2 Å². The molecule has 2 N–H and O–H groups in total. The fraction of sp³-hybridized carbons (Fsp3) is 0.300. The van der Waals surface area contributed by atoms with Crippen molar-refractivity contribution in [1.29, 1.82) is 0 Å². The zero-order valence-electron chi connectivity index (χ0n) is 8.80. The molecule has 0 spiro atoms. The molecule has 1 heterocycles. The summed E-state index contributed by atoms with van der Waals surface area (Å²) in [6.07, 6.45) is 0. The topological polar surface area (TPSA) is 80.5 Å². The van der Waals surface area contributed by atoms with E-state index in [-0.39, 0.29) is 12.3 Å². The number of rotatable bonds is 1. The SMILES string of the molecule is CCN1C(=O)c2cc(N)ccc2CS1(=O)=O. The second-order valence-electron chi connectivity index (χ2n) is 3.64. The van der Waals surface area contributed by atoms with Crippen molar-refractivity contribution in [3.8, 4) is 0 Å². The number of benzene rings is 1. The van der Waals surface area contributed by atoms with Gasteiger partial charge in [-0.25, -0.2) is 12.7 Å². The van der Waals surface area contributed by atoms with Gasteiger partial charge in [0.25, 0.3) is 5.91 Å². The van der Waals surface area contributed by atoms with Crippen LogP contribution in [0, 0.1) is 0 Å². The number of carbonyl (C=O) groups is 1. The summed E-state index contributed by atoms with van der Waals surface area (Å²) in [6.45, 7) is 1.78. The first-order valence-electron chi connectivity index (χ1n) is 4.89. The van der Waals surface area contributed by atoms with Gasteiger partial charge < -0.3 is 5.73 Å². The Labute approximate surface area is 93.9 Å². The molecule has 0 aliphatic carbocycles. The van der Waals surface area contributed by atoms with E-state index in [1.165, 1.54) is 6.07 Å². The van der Waals surface area contributed by atoms with Gasteiger partial charge in [0.05, 0.1) is 5.75 Å². The van der Waals surface area contributed by atoms with E-state index in [1.807, 2.05) is 0 Å². The van der Waals surface area contributed by atoms with Gasteiger partial charge in [0.15, 0.2) is 0 Å². The molecule has 2 rings (SSSR count). The molecule has 0 saturated carbocycles. The van der Waals surface area contributed by atoms with Crippen molar-refractivity contribution in [3.63, 3.8) is 0 Å². The van der Waals surface area contributed by atoms with Crippen LogP contribution in [0.3, 0.4) is 0 Å².